The fourth-order valence-corrected chi connectivity index (χ4v) is 2.78. The van der Waals surface area contributed by atoms with Crippen LogP contribution in [0, 0.1) is 0 Å². The Kier molecular flexibility index (Phi) is 7.24. The molecule has 30 heavy (non-hydrogen) atoms. The van der Waals surface area contributed by atoms with E-state index in [0.29, 0.717) is 27.8 Å². The third-order valence-corrected chi connectivity index (χ3v) is 4.34. The lowest BCUT2D eigenvalue weighted by Gasteiger charge is -2.15. The van der Waals surface area contributed by atoms with Gasteiger partial charge in [-0.3, -0.25) is 15.1 Å². The van der Waals surface area contributed by atoms with Crippen molar-refractivity contribution in [2.45, 2.75) is 6.54 Å². The third kappa shape index (κ3) is 5.71. The predicted molar refractivity (Wildman–Crippen MR) is 117 cm³/mol. The maximum atomic E-state index is 12.8. The number of carbonyl (C=O) groups is 1. The summed E-state index contributed by atoms with van der Waals surface area (Å²) in [5.74, 6) is 1.02. The predicted octanol–water partition coefficient (Wildman–Crippen LogP) is 4.15. The Labute approximate surface area is 179 Å². The van der Waals surface area contributed by atoms with Crippen LogP contribution in [0.2, 0.25) is 5.02 Å². The molecule has 154 valence electrons. The van der Waals surface area contributed by atoms with Gasteiger partial charge >= 0.3 is 0 Å². The number of halogens is 1. The van der Waals surface area contributed by atoms with Gasteiger partial charge in [-0.2, -0.15) is 0 Å². The molecule has 0 unspecified atom stereocenters. The highest BCUT2D eigenvalue weighted by Gasteiger charge is 2.13. The number of aliphatic imine (C=N–C) groups is 1. The maximum Gasteiger partial charge on any atom is 0.258 e. The van der Waals surface area contributed by atoms with E-state index in [4.69, 9.17) is 21.1 Å². The van der Waals surface area contributed by atoms with Crippen LogP contribution in [0.1, 0.15) is 16.1 Å². The van der Waals surface area contributed by atoms with E-state index >= 15 is 0 Å². The van der Waals surface area contributed by atoms with Gasteiger partial charge in [0.05, 0.1) is 32.1 Å². The molecule has 0 spiro atoms. The normalized spacial score (nSPS) is 11.0. The number of nitrogens with zero attached hydrogens (tertiary/aromatic N) is 2. The molecule has 1 aromatic heterocycles. The molecule has 0 aliphatic rings. The molecule has 0 saturated carbocycles. The number of aromatic nitrogens is 1. The minimum atomic E-state index is -0.345. The van der Waals surface area contributed by atoms with E-state index in [1.807, 2.05) is 18.2 Å². The van der Waals surface area contributed by atoms with Crippen molar-refractivity contribution < 1.29 is 14.3 Å². The molecule has 0 radical (unpaired) electrons. The molecule has 3 rings (SSSR count). The van der Waals surface area contributed by atoms with Crippen LogP contribution < -0.4 is 20.1 Å². The van der Waals surface area contributed by atoms with Gasteiger partial charge in [-0.15, -0.1) is 0 Å². The SMILES string of the molecule is COc1cccc(C(=O)NC(=NCc2ccccn2)Nc2cc(Cl)ccc2OC)c1. The average Bonchev–Trinajstić information content (AvgIpc) is 2.78. The lowest BCUT2D eigenvalue weighted by Crippen LogP contribution is -2.36. The number of nitrogens with one attached hydrogen (secondary N) is 2. The van der Waals surface area contributed by atoms with Gasteiger partial charge in [0.25, 0.3) is 5.91 Å². The summed E-state index contributed by atoms with van der Waals surface area (Å²) in [7, 11) is 3.09. The molecule has 0 aliphatic carbocycles. The number of carbonyl (C=O) groups excluding carboxylic acids is 1. The third-order valence-electron chi connectivity index (χ3n) is 4.10. The Morgan fingerprint density at radius 1 is 1.07 bits per heavy atom. The van der Waals surface area contributed by atoms with Crippen LogP contribution in [0.25, 0.3) is 0 Å². The van der Waals surface area contributed by atoms with Gasteiger partial charge in [0.1, 0.15) is 11.5 Å². The molecule has 0 aliphatic heterocycles. The maximum absolute atomic E-state index is 12.8. The first-order chi connectivity index (χ1) is 14.6. The summed E-state index contributed by atoms with van der Waals surface area (Å²) in [6, 6.07) is 17.5. The van der Waals surface area contributed by atoms with Gasteiger partial charge < -0.3 is 14.8 Å². The molecule has 0 fully saturated rings. The van der Waals surface area contributed by atoms with Gasteiger partial charge in [-0.05, 0) is 48.5 Å². The van der Waals surface area contributed by atoms with Crippen molar-refractivity contribution in [2.75, 3.05) is 19.5 Å². The standard InChI is InChI=1S/C22H21ClN4O3/c1-29-18-8-5-6-15(12-18)21(28)27-22(25-14-17-7-3-4-11-24-17)26-19-13-16(23)9-10-20(19)30-2/h3-13H,14H2,1-2H3,(H2,25,26,27,28). The number of amides is 1. The van der Waals surface area contributed by atoms with E-state index in [-0.39, 0.29) is 18.4 Å². The fraction of sp³-hybridized carbons (Fsp3) is 0.136. The number of hydrogen-bond donors (Lipinski definition) is 2. The number of benzene rings is 2. The number of pyridine rings is 1. The Hall–Kier alpha value is -3.58. The Balaban J connectivity index is 1.87. The number of guanidine groups is 1. The Bertz CT molecular complexity index is 1040. The monoisotopic (exact) mass is 424 g/mol. The van der Waals surface area contributed by atoms with Crippen LogP contribution in [0.5, 0.6) is 11.5 Å². The Morgan fingerprint density at radius 3 is 2.67 bits per heavy atom. The van der Waals surface area contributed by atoms with Crippen molar-refractivity contribution in [3.8, 4) is 11.5 Å². The number of hydrogen-bond acceptors (Lipinski definition) is 5. The van der Waals surface area contributed by atoms with Crippen LogP contribution in [0.15, 0.2) is 71.9 Å². The molecule has 0 atom stereocenters. The lowest BCUT2D eigenvalue weighted by atomic mass is 10.2. The summed E-state index contributed by atoms with van der Waals surface area (Å²) in [4.78, 5) is 21.5. The van der Waals surface area contributed by atoms with Gasteiger partial charge in [-0.1, -0.05) is 23.7 Å². The molecule has 0 saturated heterocycles. The van der Waals surface area contributed by atoms with Crippen molar-refractivity contribution >= 4 is 29.2 Å². The number of rotatable bonds is 6. The van der Waals surface area contributed by atoms with Crippen molar-refractivity contribution in [1.82, 2.24) is 10.3 Å². The number of methoxy groups -OCH3 is 2. The van der Waals surface area contributed by atoms with Crippen molar-refractivity contribution in [2.24, 2.45) is 4.99 Å². The zero-order chi connectivity index (χ0) is 21.3. The molecule has 1 amide bonds. The first-order valence-corrected chi connectivity index (χ1v) is 9.47. The van der Waals surface area contributed by atoms with E-state index in [1.54, 1.807) is 62.9 Å². The molecule has 2 aromatic carbocycles. The summed E-state index contributed by atoms with van der Waals surface area (Å²) in [6.07, 6.45) is 1.69. The summed E-state index contributed by atoms with van der Waals surface area (Å²) in [6.45, 7) is 0.268. The average molecular weight is 425 g/mol. The van der Waals surface area contributed by atoms with Crippen molar-refractivity contribution in [1.29, 1.82) is 0 Å². The molecular weight excluding hydrogens is 404 g/mol. The second-order valence-corrected chi connectivity index (χ2v) is 6.58. The van der Waals surface area contributed by atoms with Crippen molar-refractivity contribution in [3.63, 3.8) is 0 Å². The smallest absolute Gasteiger partial charge is 0.258 e. The van der Waals surface area contributed by atoms with Crippen LogP contribution >= 0.6 is 11.6 Å². The quantitative estimate of drug-likeness (QED) is 0.458. The largest absolute Gasteiger partial charge is 0.497 e. The summed E-state index contributed by atoms with van der Waals surface area (Å²) >= 11 is 6.12. The molecule has 3 aromatic rings. The number of ether oxygens (including phenoxy) is 2. The van der Waals surface area contributed by atoms with Gasteiger partial charge in [0.2, 0.25) is 5.96 Å². The highest BCUT2D eigenvalue weighted by molar-refractivity contribution is 6.31. The zero-order valence-corrected chi connectivity index (χ0v) is 17.3. The van der Waals surface area contributed by atoms with Crippen LogP contribution in [0.3, 0.4) is 0 Å². The zero-order valence-electron chi connectivity index (χ0n) is 16.6. The Morgan fingerprint density at radius 2 is 1.93 bits per heavy atom. The highest BCUT2D eigenvalue weighted by Crippen LogP contribution is 2.27. The summed E-state index contributed by atoms with van der Waals surface area (Å²) < 4.78 is 10.6. The molecular formula is C22H21ClN4O3. The fourth-order valence-electron chi connectivity index (χ4n) is 2.61. The molecule has 1 heterocycles. The van der Waals surface area contributed by atoms with Gasteiger partial charge in [0.15, 0.2) is 0 Å². The van der Waals surface area contributed by atoms with Crippen molar-refractivity contribution in [3.05, 3.63) is 83.1 Å². The van der Waals surface area contributed by atoms with E-state index < -0.39 is 0 Å². The minimum absolute atomic E-state index is 0.231. The van der Waals surface area contributed by atoms with Crippen LogP contribution in [-0.4, -0.2) is 31.1 Å². The van der Waals surface area contributed by atoms with Crippen LogP contribution in [-0.2, 0) is 6.54 Å². The molecule has 7 nitrogen and oxygen atoms in total. The van der Waals surface area contributed by atoms with Gasteiger partial charge in [-0.25, -0.2) is 4.99 Å². The van der Waals surface area contributed by atoms with E-state index in [1.165, 1.54) is 0 Å². The summed E-state index contributed by atoms with van der Waals surface area (Å²) in [5, 5.41) is 6.40. The highest BCUT2D eigenvalue weighted by atomic mass is 35.5. The topological polar surface area (TPSA) is 84.8 Å². The first-order valence-electron chi connectivity index (χ1n) is 9.09. The molecule has 8 heteroatoms. The first kappa shape index (κ1) is 21.1. The van der Waals surface area contributed by atoms with Gasteiger partial charge in [0, 0.05) is 16.8 Å². The van der Waals surface area contributed by atoms with E-state index in [2.05, 4.69) is 20.6 Å². The second kappa shape index (κ2) is 10.3. The molecule has 2 N–H and O–H groups in total. The molecule has 0 bridgehead atoms. The van der Waals surface area contributed by atoms with E-state index in [9.17, 15) is 4.79 Å². The lowest BCUT2D eigenvalue weighted by molar-refractivity contribution is 0.0976. The van der Waals surface area contributed by atoms with E-state index in [0.717, 1.165) is 5.69 Å². The second-order valence-electron chi connectivity index (χ2n) is 6.14. The summed E-state index contributed by atoms with van der Waals surface area (Å²) in [5.41, 5.74) is 1.75. The van der Waals surface area contributed by atoms with Crippen LogP contribution in [0.4, 0.5) is 5.69 Å². The minimum Gasteiger partial charge on any atom is -0.497 e. The number of anilines is 1.